The average Bonchev–Trinajstić information content (AvgIpc) is 1.88. The van der Waals surface area contributed by atoms with E-state index in [1.165, 1.54) is 5.01 Å². The molecule has 9 heavy (non-hydrogen) atoms. The van der Waals surface area contributed by atoms with E-state index in [4.69, 9.17) is 0 Å². The van der Waals surface area contributed by atoms with Crippen LogP contribution in [0.1, 0.15) is 13.3 Å². The van der Waals surface area contributed by atoms with Crippen molar-refractivity contribution in [2.75, 3.05) is 6.54 Å². The van der Waals surface area contributed by atoms with Gasteiger partial charge in [0, 0.05) is 6.54 Å². The molecule has 2 amide bonds. The largest absolute Gasteiger partial charge is 0.277 e. The van der Waals surface area contributed by atoms with E-state index in [0.717, 1.165) is 6.42 Å². The number of nitrogens with one attached hydrogen (secondary N) is 1. The number of amides is 2. The van der Waals surface area contributed by atoms with Gasteiger partial charge in [-0.3, -0.25) is 20.0 Å². The highest BCUT2D eigenvalue weighted by atomic mass is 16.2. The fraction of sp³-hybridized carbons (Fsp3) is 0.600. The van der Waals surface area contributed by atoms with Gasteiger partial charge in [0.2, 0.25) is 12.8 Å². The van der Waals surface area contributed by atoms with E-state index in [1.807, 2.05) is 6.92 Å². The van der Waals surface area contributed by atoms with Crippen LogP contribution in [0.3, 0.4) is 0 Å². The lowest BCUT2D eigenvalue weighted by molar-refractivity contribution is -0.126. The van der Waals surface area contributed by atoms with Crippen molar-refractivity contribution >= 4 is 12.8 Å². The van der Waals surface area contributed by atoms with Crippen LogP contribution in [-0.2, 0) is 9.59 Å². The molecule has 0 heterocycles. The zero-order chi connectivity index (χ0) is 7.11. The van der Waals surface area contributed by atoms with Crippen LogP contribution in [-0.4, -0.2) is 24.4 Å². The summed E-state index contributed by atoms with van der Waals surface area (Å²) in [5, 5.41) is 1.19. The summed E-state index contributed by atoms with van der Waals surface area (Å²) in [5.74, 6) is 0. The number of carbonyl (C=O) groups excluding carboxylic acids is 2. The molecule has 0 saturated heterocycles. The molecule has 0 unspecified atom stereocenters. The van der Waals surface area contributed by atoms with E-state index in [0.29, 0.717) is 19.4 Å². The van der Waals surface area contributed by atoms with E-state index < -0.39 is 0 Å². The smallest absolute Gasteiger partial charge is 0.228 e. The summed E-state index contributed by atoms with van der Waals surface area (Å²) in [6.45, 7) is 2.48. The minimum absolute atomic E-state index is 0.476. The van der Waals surface area contributed by atoms with Crippen LogP contribution in [0, 0.1) is 0 Å². The van der Waals surface area contributed by atoms with Crippen molar-refractivity contribution in [1.82, 2.24) is 10.4 Å². The van der Waals surface area contributed by atoms with Crippen molar-refractivity contribution in [1.29, 1.82) is 0 Å². The SMILES string of the molecule is CCCN(C=O)NC=O. The van der Waals surface area contributed by atoms with E-state index in [9.17, 15) is 9.59 Å². The summed E-state index contributed by atoms with van der Waals surface area (Å²) in [7, 11) is 0. The first kappa shape index (κ1) is 7.94. The monoisotopic (exact) mass is 130 g/mol. The standard InChI is InChI=1S/C5H10N2O2/c1-2-3-7(5-9)6-4-8/h4-5H,2-3H2,1H3,(H,6,8). The molecule has 0 spiro atoms. The molecule has 0 atom stereocenters. The summed E-state index contributed by atoms with van der Waals surface area (Å²) >= 11 is 0. The molecule has 0 bridgehead atoms. The van der Waals surface area contributed by atoms with E-state index >= 15 is 0 Å². The van der Waals surface area contributed by atoms with Gasteiger partial charge in [0.25, 0.3) is 0 Å². The molecule has 0 aromatic carbocycles. The molecule has 0 aliphatic rings. The average molecular weight is 130 g/mol. The minimum Gasteiger partial charge on any atom is -0.277 e. The molecule has 0 fully saturated rings. The highest BCUT2D eigenvalue weighted by molar-refractivity contribution is 5.53. The number of hydrogen-bond donors (Lipinski definition) is 1. The first-order valence-electron chi connectivity index (χ1n) is 2.77. The third-order valence-corrected chi connectivity index (χ3v) is 0.810. The highest BCUT2D eigenvalue weighted by Crippen LogP contribution is 1.78. The molecular weight excluding hydrogens is 120 g/mol. The highest BCUT2D eigenvalue weighted by Gasteiger charge is 1.93. The Hall–Kier alpha value is -1.06. The Labute approximate surface area is 53.8 Å². The normalized spacial score (nSPS) is 8.11. The number of rotatable bonds is 5. The van der Waals surface area contributed by atoms with Gasteiger partial charge >= 0.3 is 0 Å². The van der Waals surface area contributed by atoms with Gasteiger partial charge in [0.1, 0.15) is 0 Å². The van der Waals surface area contributed by atoms with Gasteiger partial charge in [-0.25, -0.2) is 0 Å². The van der Waals surface area contributed by atoms with Crippen molar-refractivity contribution < 1.29 is 9.59 Å². The third kappa shape index (κ3) is 3.52. The maximum Gasteiger partial charge on any atom is 0.228 e. The molecule has 4 nitrogen and oxygen atoms in total. The summed E-state index contributed by atoms with van der Waals surface area (Å²) in [6, 6.07) is 0. The lowest BCUT2D eigenvalue weighted by Crippen LogP contribution is -2.36. The molecule has 0 aromatic heterocycles. The van der Waals surface area contributed by atoms with E-state index in [2.05, 4.69) is 5.43 Å². The second-order valence-corrected chi connectivity index (χ2v) is 1.55. The molecule has 0 saturated carbocycles. The number of nitrogens with zero attached hydrogens (tertiary/aromatic N) is 1. The zero-order valence-corrected chi connectivity index (χ0v) is 5.33. The van der Waals surface area contributed by atoms with E-state index in [-0.39, 0.29) is 0 Å². The van der Waals surface area contributed by atoms with Crippen molar-refractivity contribution in [3.63, 3.8) is 0 Å². The van der Waals surface area contributed by atoms with Crippen LogP contribution < -0.4 is 5.43 Å². The molecule has 0 aliphatic carbocycles. The van der Waals surface area contributed by atoms with Crippen molar-refractivity contribution in [2.45, 2.75) is 13.3 Å². The molecular formula is C5H10N2O2. The second kappa shape index (κ2) is 5.08. The molecule has 4 heteroatoms. The Morgan fingerprint density at radius 1 is 1.56 bits per heavy atom. The maximum atomic E-state index is 9.99. The molecule has 0 radical (unpaired) electrons. The van der Waals surface area contributed by atoms with Gasteiger partial charge in [-0.15, -0.1) is 0 Å². The number of carbonyl (C=O) groups is 2. The van der Waals surface area contributed by atoms with Gasteiger partial charge in [-0.05, 0) is 6.42 Å². The van der Waals surface area contributed by atoms with Crippen LogP contribution in [0.2, 0.25) is 0 Å². The molecule has 0 aromatic rings. The van der Waals surface area contributed by atoms with Gasteiger partial charge < -0.3 is 0 Å². The predicted molar refractivity (Wildman–Crippen MR) is 32.3 cm³/mol. The predicted octanol–water partition coefficient (Wildman–Crippen LogP) is -0.484. The first-order chi connectivity index (χ1) is 4.35. The molecule has 0 rings (SSSR count). The Balaban J connectivity index is 3.40. The fourth-order valence-electron chi connectivity index (χ4n) is 0.456. The van der Waals surface area contributed by atoms with Crippen LogP contribution in [0.4, 0.5) is 0 Å². The van der Waals surface area contributed by atoms with Gasteiger partial charge in [0.15, 0.2) is 0 Å². The number of hydrogen-bond acceptors (Lipinski definition) is 2. The minimum atomic E-state index is 0.476. The maximum absolute atomic E-state index is 9.99. The van der Waals surface area contributed by atoms with Gasteiger partial charge in [0.05, 0.1) is 0 Å². The summed E-state index contributed by atoms with van der Waals surface area (Å²) in [4.78, 5) is 19.7. The van der Waals surface area contributed by atoms with Crippen LogP contribution in [0.5, 0.6) is 0 Å². The van der Waals surface area contributed by atoms with Crippen molar-refractivity contribution in [3.05, 3.63) is 0 Å². The zero-order valence-electron chi connectivity index (χ0n) is 5.33. The Morgan fingerprint density at radius 3 is 2.56 bits per heavy atom. The third-order valence-electron chi connectivity index (χ3n) is 0.810. The Bertz CT molecular complexity index is 95.0. The quantitative estimate of drug-likeness (QED) is 0.403. The molecule has 1 N–H and O–H groups in total. The van der Waals surface area contributed by atoms with Crippen molar-refractivity contribution in [2.24, 2.45) is 0 Å². The second-order valence-electron chi connectivity index (χ2n) is 1.55. The summed E-state index contributed by atoms with van der Waals surface area (Å²) < 4.78 is 0. The number of hydrazine groups is 1. The van der Waals surface area contributed by atoms with E-state index in [1.54, 1.807) is 0 Å². The molecule has 0 aliphatic heterocycles. The Kier molecular flexibility index (Phi) is 4.49. The van der Waals surface area contributed by atoms with Crippen molar-refractivity contribution in [3.8, 4) is 0 Å². The first-order valence-corrected chi connectivity index (χ1v) is 2.77. The van der Waals surface area contributed by atoms with Crippen LogP contribution in [0.25, 0.3) is 0 Å². The van der Waals surface area contributed by atoms with Gasteiger partial charge in [-0.2, -0.15) is 0 Å². The summed E-state index contributed by atoms with van der Waals surface area (Å²) in [6.07, 6.45) is 1.89. The topological polar surface area (TPSA) is 49.4 Å². The lowest BCUT2D eigenvalue weighted by atomic mass is 10.5. The fourth-order valence-corrected chi connectivity index (χ4v) is 0.456. The van der Waals surface area contributed by atoms with Gasteiger partial charge in [-0.1, -0.05) is 6.92 Å². The Morgan fingerprint density at radius 2 is 2.22 bits per heavy atom. The van der Waals surface area contributed by atoms with Crippen LogP contribution in [0.15, 0.2) is 0 Å². The summed E-state index contributed by atoms with van der Waals surface area (Å²) in [5.41, 5.74) is 2.22. The van der Waals surface area contributed by atoms with Crippen LogP contribution >= 0.6 is 0 Å². The molecule has 52 valence electrons. The lowest BCUT2D eigenvalue weighted by Gasteiger charge is -2.12.